The fraction of sp³-hybridized carbons (Fsp3) is 0.158. The minimum absolute atomic E-state index is 0.0527. The maximum absolute atomic E-state index is 13.7. The number of carbonyl (C=O) groups is 1. The summed E-state index contributed by atoms with van der Waals surface area (Å²) in [6, 6.07) is 7.91. The van der Waals surface area contributed by atoms with Gasteiger partial charge >= 0.3 is 5.38 Å². The number of hydrogen-bond donors (Lipinski definition) is 1. The molecule has 1 aromatic carbocycles. The molecular weight excluding hydrogens is 456 g/mol. The third kappa shape index (κ3) is 4.49. The average molecular weight is 469 g/mol. The van der Waals surface area contributed by atoms with Gasteiger partial charge < -0.3 is 5.32 Å². The van der Waals surface area contributed by atoms with Gasteiger partial charge in [0.1, 0.15) is 11.5 Å². The smallest absolute Gasteiger partial charge is 0.304 e. The van der Waals surface area contributed by atoms with E-state index in [4.69, 9.17) is 23.2 Å². The van der Waals surface area contributed by atoms with Gasteiger partial charge in [-0.05, 0) is 42.3 Å². The number of nitrogens with zero attached hydrogens (tertiary/aromatic N) is 5. The highest BCUT2D eigenvalue weighted by atomic mass is 35.5. The van der Waals surface area contributed by atoms with E-state index < -0.39 is 22.8 Å². The Morgan fingerprint density at radius 3 is 2.68 bits per heavy atom. The molecule has 0 bridgehead atoms. The van der Waals surface area contributed by atoms with E-state index in [2.05, 4.69) is 20.5 Å². The Kier molecular flexibility index (Phi) is 5.36. The van der Waals surface area contributed by atoms with Crippen LogP contribution >= 0.6 is 23.2 Å². The summed E-state index contributed by atoms with van der Waals surface area (Å²) < 4.78 is 42.9. The van der Waals surface area contributed by atoms with E-state index in [1.165, 1.54) is 41.9 Å². The van der Waals surface area contributed by atoms with Gasteiger partial charge in [-0.2, -0.15) is 19.0 Å². The zero-order valence-electron chi connectivity index (χ0n) is 15.8. The molecule has 31 heavy (non-hydrogen) atoms. The van der Waals surface area contributed by atoms with E-state index in [-0.39, 0.29) is 28.7 Å². The molecule has 0 spiro atoms. The Bertz CT molecular complexity index is 1300. The van der Waals surface area contributed by atoms with Crippen molar-refractivity contribution in [1.29, 1.82) is 0 Å². The van der Waals surface area contributed by atoms with Crippen LogP contribution in [0, 0.1) is 12.7 Å². The Morgan fingerprint density at radius 1 is 1.19 bits per heavy atom. The largest absolute Gasteiger partial charge is 0.364 e. The number of anilines is 1. The van der Waals surface area contributed by atoms with Gasteiger partial charge in [-0.25, -0.2) is 13.9 Å². The van der Waals surface area contributed by atoms with E-state index in [1.54, 1.807) is 6.20 Å². The summed E-state index contributed by atoms with van der Waals surface area (Å²) in [6.07, 6.45) is 1.59. The summed E-state index contributed by atoms with van der Waals surface area (Å²) in [6.45, 7) is 1.78. The molecule has 4 rings (SSSR count). The van der Waals surface area contributed by atoms with Crippen LogP contribution in [0.25, 0.3) is 5.65 Å². The third-order valence-corrected chi connectivity index (χ3v) is 4.85. The number of nitrogens with one attached hydrogen (secondary N) is 1. The lowest BCUT2D eigenvalue weighted by Gasteiger charge is -2.10. The van der Waals surface area contributed by atoms with Gasteiger partial charge in [0, 0.05) is 29.0 Å². The number of carbonyl (C=O) groups excluding carboxylic acids is 1. The number of rotatable bonds is 5. The summed E-state index contributed by atoms with van der Waals surface area (Å²) in [4.78, 5) is 16.6. The highest BCUT2D eigenvalue weighted by molar-refractivity contribution is 6.31. The molecule has 3 aromatic heterocycles. The number of amides is 1. The van der Waals surface area contributed by atoms with Crippen molar-refractivity contribution in [3.63, 3.8) is 0 Å². The summed E-state index contributed by atoms with van der Waals surface area (Å²) >= 11 is 11.2. The highest BCUT2D eigenvalue weighted by Gasteiger charge is 2.32. The zero-order chi connectivity index (χ0) is 22.3. The predicted molar refractivity (Wildman–Crippen MR) is 108 cm³/mol. The van der Waals surface area contributed by atoms with Crippen LogP contribution in [-0.4, -0.2) is 30.3 Å². The second-order valence-electron chi connectivity index (χ2n) is 6.67. The third-order valence-electron chi connectivity index (χ3n) is 4.31. The maximum atomic E-state index is 13.7. The van der Waals surface area contributed by atoms with Crippen LogP contribution < -0.4 is 5.32 Å². The molecule has 160 valence electrons. The van der Waals surface area contributed by atoms with Crippen molar-refractivity contribution in [3.05, 3.63) is 76.1 Å². The van der Waals surface area contributed by atoms with E-state index in [1.807, 2.05) is 0 Å². The van der Waals surface area contributed by atoms with Gasteiger partial charge in [-0.1, -0.05) is 17.7 Å². The molecule has 7 nitrogen and oxygen atoms in total. The minimum Gasteiger partial charge on any atom is -0.304 e. The van der Waals surface area contributed by atoms with Gasteiger partial charge in [0.15, 0.2) is 17.2 Å². The van der Waals surface area contributed by atoms with Gasteiger partial charge in [0.05, 0.1) is 6.54 Å². The van der Waals surface area contributed by atoms with Gasteiger partial charge in [-0.15, -0.1) is 0 Å². The molecule has 0 fully saturated rings. The lowest BCUT2D eigenvalue weighted by molar-refractivity contribution is 0.0868. The summed E-state index contributed by atoms with van der Waals surface area (Å²) in [5.41, 5.74) is 0.248. The van der Waals surface area contributed by atoms with Crippen molar-refractivity contribution in [2.45, 2.75) is 18.9 Å². The van der Waals surface area contributed by atoms with Crippen molar-refractivity contribution in [1.82, 2.24) is 24.4 Å². The van der Waals surface area contributed by atoms with E-state index >= 15 is 0 Å². The Labute approximate surface area is 183 Å². The second-order valence-corrected chi connectivity index (χ2v) is 7.55. The molecule has 0 aliphatic carbocycles. The number of alkyl halides is 3. The Morgan fingerprint density at radius 2 is 1.97 bits per heavy atom. The zero-order valence-corrected chi connectivity index (χ0v) is 17.3. The fourth-order valence-corrected chi connectivity index (χ4v) is 3.30. The van der Waals surface area contributed by atoms with Crippen molar-refractivity contribution >= 4 is 40.6 Å². The topological polar surface area (TPSA) is 77.1 Å². The van der Waals surface area contributed by atoms with Crippen LogP contribution in [0.5, 0.6) is 0 Å². The van der Waals surface area contributed by atoms with Crippen LogP contribution in [0.15, 0.2) is 42.6 Å². The number of halogens is 5. The SMILES string of the molecule is Cc1cc(C(F)(F)Cl)n2nc(C(=O)Nc3ccn(Cc4ccc(F)cc4Cl)n3)cc2n1. The number of aryl methyl sites for hydroxylation is 1. The Hall–Kier alpha value is -3.11. The first-order chi connectivity index (χ1) is 14.6. The summed E-state index contributed by atoms with van der Waals surface area (Å²) in [5.74, 6) is -0.918. The van der Waals surface area contributed by atoms with Crippen LogP contribution in [0.4, 0.5) is 19.0 Å². The van der Waals surface area contributed by atoms with Gasteiger partial charge in [-0.3, -0.25) is 9.48 Å². The number of benzene rings is 1. The summed E-state index contributed by atoms with van der Waals surface area (Å²) in [5, 5.41) is 7.20. The normalized spacial score (nSPS) is 11.8. The van der Waals surface area contributed by atoms with Crippen LogP contribution in [0.2, 0.25) is 5.02 Å². The minimum atomic E-state index is -3.69. The average Bonchev–Trinajstić information content (AvgIpc) is 3.29. The second kappa shape index (κ2) is 7.86. The van der Waals surface area contributed by atoms with Crippen molar-refractivity contribution < 1.29 is 18.0 Å². The highest BCUT2D eigenvalue weighted by Crippen LogP contribution is 2.32. The number of aromatic nitrogens is 5. The molecule has 1 amide bonds. The monoisotopic (exact) mass is 468 g/mol. The molecule has 12 heteroatoms. The molecule has 0 atom stereocenters. The molecule has 3 heterocycles. The molecule has 0 aliphatic heterocycles. The molecule has 1 N–H and O–H groups in total. The van der Waals surface area contributed by atoms with Gasteiger partial charge in [0.2, 0.25) is 0 Å². The maximum Gasteiger partial charge on any atom is 0.364 e. The molecule has 0 saturated heterocycles. The first-order valence-electron chi connectivity index (χ1n) is 8.83. The quantitative estimate of drug-likeness (QED) is 0.433. The molecular formula is C19H13Cl2F3N6O. The molecule has 0 radical (unpaired) electrons. The lowest BCUT2D eigenvalue weighted by Crippen LogP contribution is -2.15. The lowest BCUT2D eigenvalue weighted by atomic mass is 10.2. The van der Waals surface area contributed by atoms with Crippen LogP contribution in [0.3, 0.4) is 0 Å². The van der Waals surface area contributed by atoms with Crippen molar-refractivity contribution in [2.75, 3.05) is 5.32 Å². The van der Waals surface area contributed by atoms with Crippen molar-refractivity contribution in [3.8, 4) is 0 Å². The first kappa shape index (κ1) is 21.1. The molecule has 0 aliphatic rings. The Balaban J connectivity index is 1.54. The first-order valence-corrected chi connectivity index (χ1v) is 9.59. The number of fused-ring (bicyclic) bond motifs is 1. The van der Waals surface area contributed by atoms with Crippen molar-refractivity contribution in [2.24, 2.45) is 0 Å². The molecule has 0 unspecified atom stereocenters. The van der Waals surface area contributed by atoms with Crippen LogP contribution in [-0.2, 0) is 11.9 Å². The predicted octanol–water partition coefficient (Wildman–Crippen LogP) is 4.62. The van der Waals surface area contributed by atoms with Crippen LogP contribution in [0.1, 0.15) is 27.4 Å². The summed E-state index contributed by atoms with van der Waals surface area (Å²) in [7, 11) is 0. The molecule has 0 saturated carbocycles. The van der Waals surface area contributed by atoms with Gasteiger partial charge in [0.25, 0.3) is 5.91 Å². The van der Waals surface area contributed by atoms with E-state index in [9.17, 15) is 18.0 Å². The fourth-order valence-electron chi connectivity index (χ4n) is 2.93. The molecule has 4 aromatic rings. The number of hydrogen-bond acceptors (Lipinski definition) is 4. The van der Waals surface area contributed by atoms with E-state index in [0.29, 0.717) is 11.3 Å². The van der Waals surface area contributed by atoms with E-state index in [0.717, 1.165) is 10.6 Å². The standard InChI is InChI=1S/C19H13Cl2F3N6O/c1-10-6-15(19(21,23)24)30-17(25-10)8-14(27-30)18(31)26-16-4-5-29(28-16)9-11-2-3-12(22)7-13(11)20/h2-8H,9H2,1H3,(H,26,28,31).